The Hall–Kier alpha value is -2.93. The number of hydrogen-bond donors (Lipinski definition) is 2. The molecule has 3 aliphatic rings. The summed E-state index contributed by atoms with van der Waals surface area (Å²) in [5.74, 6) is 0.772. The molecule has 0 bridgehead atoms. The number of pyridine rings is 1. The Bertz CT molecular complexity index is 1010. The SMILES string of the molecule is NC(=O)c1ccc(-c2ccc(N3CCCC4(CCN([C@H]5CC[C@H](O)CC5)C4=O)C3)nc2)cc1. The lowest BCUT2D eigenvalue weighted by Gasteiger charge is -2.41. The van der Waals surface area contributed by atoms with Gasteiger partial charge in [0.2, 0.25) is 11.8 Å². The molecule has 1 aromatic carbocycles. The lowest BCUT2D eigenvalue weighted by atomic mass is 9.78. The third-order valence-corrected chi connectivity index (χ3v) is 7.80. The standard InChI is InChI=1S/C26H32N4O3/c27-24(32)19-4-2-18(3-5-19)20-6-11-23(28-16-20)29-14-1-12-26(17-29)13-15-30(25(26)33)21-7-9-22(31)10-8-21/h2-6,11,16,21-22,31H,1,7-10,12-15,17H2,(H2,27,32)/t21-,22-,26?. The monoisotopic (exact) mass is 448 g/mol. The van der Waals surface area contributed by atoms with Crippen LogP contribution in [0.2, 0.25) is 0 Å². The van der Waals surface area contributed by atoms with Gasteiger partial charge in [-0.3, -0.25) is 9.59 Å². The number of amides is 2. The molecule has 0 radical (unpaired) electrons. The Morgan fingerprint density at radius 2 is 1.73 bits per heavy atom. The summed E-state index contributed by atoms with van der Waals surface area (Å²) >= 11 is 0. The van der Waals surface area contributed by atoms with Crippen molar-refractivity contribution in [3.05, 3.63) is 48.2 Å². The molecule has 174 valence electrons. The van der Waals surface area contributed by atoms with Gasteiger partial charge in [-0.2, -0.15) is 0 Å². The molecule has 2 aromatic rings. The highest BCUT2D eigenvalue weighted by Crippen LogP contribution is 2.43. The van der Waals surface area contributed by atoms with Gasteiger partial charge in [-0.05, 0) is 74.8 Å². The normalized spacial score (nSPS) is 27.8. The van der Waals surface area contributed by atoms with Crippen molar-refractivity contribution in [2.75, 3.05) is 24.5 Å². The van der Waals surface area contributed by atoms with Crippen molar-refractivity contribution in [3.8, 4) is 11.1 Å². The van der Waals surface area contributed by atoms with Gasteiger partial charge in [-0.25, -0.2) is 4.98 Å². The first kappa shape index (κ1) is 21.9. The zero-order chi connectivity index (χ0) is 23.0. The predicted octanol–water partition coefficient (Wildman–Crippen LogP) is 2.97. The smallest absolute Gasteiger partial charge is 0.248 e. The first-order valence-corrected chi connectivity index (χ1v) is 12.1. The van der Waals surface area contributed by atoms with Gasteiger partial charge in [0.1, 0.15) is 5.82 Å². The Labute approximate surface area is 194 Å². The van der Waals surface area contributed by atoms with Gasteiger partial charge in [-0.15, -0.1) is 0 Å². The van der Waals surface area contributed by atoms with Gasteiger partial charge < -0.3 is 20.6 Å². The molecule has 1 unspecified atom stereocenters. The summed E-state index contributed by atoms with van der Waals surface area (Å²) in [5.41, 5.74) is 7.46. The molecule has 33 heavy (non-hydrogen) atoms. The maximum atomic E-state index is 13.5. The van der Waals surface area contributed by atoms with E-state index in [4.69, 9.17) is 10.7 Å². The number of piperidine rings is 1. The third kappa shape index (κ3) is 4.22. The maximum absolute atomic E-state index is 13.5. The van der Waals surface area contributed by atoms with Crippen molar-refractivity contribution >= 4 is 17.6 Å². The van der Waals surface area contributed by atoms with E-state index in [1.54, 1.807) is 12.1 Å². The first-order valence-electron chi connectivity index (χ1n) is 12.1. The number of aliphatic hydroxyl groups excluding tert-OH is 1. The summed E-state index contributed by atoms with van der Waals surface area (Å²) in [6, 6.07) is 11.6. The Kier molecular flexibility index (Phi) is 5.83. The number of primary amides is 1. The van der Waals surface area contributed by atoms with Crippen LogP contribution in [-0.2, 0) is 4.79 Å². The van der Waals surface area contributed by atoms with Crippen LogP contribution in [0.1, 0.15) is 55.3 Å². The molecule has 5 rings (SSSR count). The first-order chi connectivity index (χ1) is 15.9. The van der Waals surface area contributed by atoms with Crippen molar-refractivity contribution in [2.24, 2.45) is 11.1 Å². The molecule has 1 aromatic heterocycles. The van der Waals surface area contributed by atoms with Crippen LogP contribution in [0.4, 0.5) is 5.82 Å². The molecular weight excluding hydrogens is 416 g/mol. The van der Waals surface area contributed by atoms with Gasteiger partial charge in [0, 0.05) is 43.0 Å². The fourth-order valence-corrected chi connectivity index (χ4v) is 5.84. The fraction of sp³-hybridized carbons (Fsp3) is 0.500. The van der Waals surface area contributed by atoms with Crippen LogP contribution >= 0.6 is 0 Å². The Balaban J connectivity index is 1.28. The highest BCUT2D eigenvalue weighted by molar-refractivity contribution is 5.93. The van der Waals surface area contributed by atoms with Gasteiger partial charge >= 0.3 is 0 Å². The average molecular weight is 449 g/mol. The molecule has 1 spiro atoms. The van der Waals surface area contributed by atoms with E-state index in [1.165, 1.54) is 0 Å². The number of carbonyl (C=O) groups is 2. The van der Waals surface area contributed by atoms with E-state index in [2.05, 4.69) is 9.80 Å². The van der Waals surface area contributed by atoms with Gasteiger partial charge in [0.05, 0.1) is 11.5 Å². The highest BCUT2D eigenvalue weighted by Gasteiger charge is 2.50. The number of benzene rings is 1. The van der Waals surface area contributed by atoms with E-state index >= 15 is 0 Å². The molecular formula is C26H32N4O3. The second-order valence-corrected chi connectivity index (χ2v) is 9.86. The summed E-state index contributed by atoms with van der Waals surface area (Å²) in [6.07, 6.45) is 7.92. The van der Waals surface area contributed by atoms with Crippen LogP contribution in [0, 0.1) is 5.41 Å². The second-order valence-electron chi connectivity index (χ2n) is 9.86. The van der Waals surface area contributed by atoms with Crippen molar-refractivity contribution in [1.29, 1.82) is 0 Å². The number of nitrogens with zero attached hydrogens (tertiary/aromatic N) is 3. The van der Waals surface area contributed by atoms with Crippen LogP contribution in [0.25, 0.3) is 11.1 Å². The van der Waals surface area contributed by atoms with Crippen LogP contribution in [-0.4, -0.2) is 58.6 Å². The van der Waals surface area contributed by atoms with E-state index < -0.39 is 5.91 Å². The van der Waals surface area contributed by atoms with Gasteiger partial charge in [0.25, 0.3) is 0 Å². The van der Waals surface area contributed by atoms with E-state index in [-0.39, 0.29) is 17.6 Å². The third-order valence-electron chi connectivity index (χ3n) is 7.80. The molecule has 3 fully saturated rings. The van der Waals surface area contributed by atoms with Gasteiger partial charge in [0.15, 0.2) is 0 Å². The zero-order valence-electron chi connectivity index (χ0n) is 18.9. The number of rotatable bonds is 4. The number of nitrogens with two attached hydrogens (primary N) is 1. The molecule has 7 heteroatoms. The summed E-state index contributed by atoms with van der Waals surface area (Å²) in [4.78, 5) is 33.9. The number of aromatic nitrogens is 1. The van der Waals surface area contributed by atoms with E-state index in [0.29, 0.717) is 11.5 Å². The Morgan fingerprint density at radius 3 is 2.39 bits per heavy atom. The predicted molar refractivity (Wildman–Crippen MR) is 127 cm³/mol. The number of hydrogen-bond acceptors (Lipinski definition) is 5. The molecule has 1 aliphatic carbocycles. The largest absolute Gasteiger partial charge is 0.393 e. The average Bonchev–Trinajstić information content (AvgIpc) is 3.15. The Morgan fingerprint density at radius 1 is 1.00 bits per heavy atom. The van der Waals surface area contributed by atoms with Crippen LogP contribution < -0.4 is 10.6 Å². The molecule has 2 saturated heterocycles. The van der Waals surface area contributed by atoms with Crippen molar-refractivity contribution < 1.29 is 14.7 Å². The summed E-state index contributed by atoms with van der Waals surface area (Å²) in [5, 5.41) is 9.83. The second kappa shape index (κ2) is 8.78. The molecule has 2 amide bonds. The van der Waals surface area contributed by atoms with Crippen LogP contribution in [0.15, 0.2) is 42.6 Å². The van der Waals surface area contributed by atoms with Crippen molar-refractivity contribution in [1.82, 2.24) is 9.88 Å². The number of likely N-dealkylation sites (tertiary alicyclic amines) is 1. The zero-order valence-corrected chi connectivity index (χ0v) is 18.9. The maximum Gasteiger partial charge on any atom is 0.248 e. The van der Waals surface area contributed by atoms with Crippen LogP contribution in [0.3, 0.4) is 0 Å². The minimum absolute atomic E-state index is 0.201. The molecule has 7 nitrogen and oxygen atoms in total. The van der Waals surface area contributed by atoms with E-state index in [0.717, 1.165) is 81.5 Å². The summed E-state index contributed by atoms with van der Waals surface area (Å²) in [6.45, 7) is 2.46. The quantitative estimate of drug-likeness (QED) is 0.749. The van der Waals surface area contributed by atoms with E-state index in [9.17, 15) is 14.7 Å². The molecule has 1 saturated carbocycles. The lowest BCUT2D eigenvalue weighted by molar-refractivity contribution is -0.139. The highest BCUT2D eigenvalue weighted by atomic mass is 16.3. The van der Waals surface area contributed by atoms with Crippen molar-refractivity contribution in [3.63, 3.8) is 0 Å². The molecule has 1 atom stereocenters. The fourth-order valence-electron chi connectivity index (χ4n) is 5.84. The van der Waals surface area contributed by atoms with Crippen LogP contribution in [0.5, 0.6) is 0 Å². The lowest BCUT2D eigenvalue weighted by Crippen LogP contribution is -2.50. The number of carbonyl (C=O) groups excluding carboxylic acids is 2. The number of anilines is 1. The summed E-state index contributed by atoms with van der Waals surface area (Å²) < 4.78 is 0. The van der Waals surface area contributed by atoms with Gasteiger partial charge in [-0.1, -0.05) is 12.1 Å². The topological polar surface area (TPSA) is 99.8 Å². The van der Waals surface area contributed by atoms with E-state index in [1.807, 2.05) is 30.5 Å². The van der Waals surface area contributed by atoms with Crippen molar-refractivity contribution in [2.45, 2.75) is 57.1 Å². The minimum Gasteiger partial charge on any atom is -0.393 e. The minimum atomic E-state index is -0.435. The summed E-state index contributed by atoms with van der Waals surface area (Å²) in [7, 11) is 0. The molecule has 2 aliphatic heterocycles. The number of aliphatic hydroxyl groups is 1. The molecule has 3 heterocycles. The molecule has 3 N–H and O–H groups in total.